The van der Waals surface area contributed by atoms with E-state index in [1.807, 2.05) is 0 Å². The van der Waals surface area contributed by atoms with E-state index >= 15 is 0 Å². The van der Waals surface area contributed by atoms with E-state index in [0.29, 0.717) is 5.75 Å². The molecule has 0 aromatic carbocycles. The SMILES string of the molecule is C[C@H](N)C(=O)Oc1ccoc1. The van der Waals surface area contributed by atoms with Gasteiger partial charge in [0.2, 0.25) is 0 Å². The third kappa shape index (κ3) is 2.09. The van der Waals surface area contributed by atoms with Crippen LogP contribution in [0.1, 0.15) is 6.92 Å². The second-order valence-corrected chi connectivity index (χ2v) is 2.17. The summed E-state index contributed by atoms with van der Waals surface area (Å²) < 4.78 is 9.44. The van der Waals surface area contributed by atoms with Crippen LogP contribution in [0.25, 0.3) is 0 Å². The second kappa shape index (κ2) is 3.21. The number of nitrogens with two attached hydrogens (primary N) is 1. The van der Waals surface area contributed by atoms with Gasteiger partial charge in [-0.1, -0.05) is 0 Å². The third-order valence-corrected chi connectivity index (χ3v) is 1.09. The minimum absolute atomic E-state index is 0.382. The Kier molecular flexibility index (Phi) is 2.28. The summed E-state index contributed by atoms with van der Waals surface area (Å²) in [6, 6.07) is 0.935. The van der Waals surface area contributed by atoms with Crippen molar-refractivity contribution in [1.82, 2.24) is 0 Å². The van der Waals surface area contributed by atoms with Crippen molar-refractivity contribution in [3.63, 3.8) is 0 Å². The lowest BCUT2D eigenvalue weighted by Crippen LogP contribution is -2.30. The van der Waals surface area contributed by atoms with Gasteiger partial charge >= 0.3 is 5.97 Å². The van der Waals surface area contributed by atoms with Gasteiger partial charge in [-0.2, -0.15) is 0 Å². The molecular formula is C7H9NO3. The highest BCUT2D eigenvalue weighted by Gasteiger charge is 2.09. The van der Waals surface area contributed by atoms with Crippen LogP contribution < -0.4 is 10.5 Å². The summed E-state index contributed by atoms with van der Waals surface area (Å²) in [6.07, 6.45) is 2.75. The zero-order valence-corrected chi connectivity index (χ0v) is 6.11. The number of carbonyl (C=O) groups excluding carboxylic acids is 1. The van der Waals surface area contributed by atoms with Gasteiger partial charge in [-0.05, 0) is 6.92 Å². The molecule has 0 aliphatic rings. The normalized spacial score (nSPS) is 12.5. The van der Waals surface area contributed by atoms with Crippen molar-refractivity contribution in [3.05, 3.63) is 18.6 Å². The Morgan fingerprint density at radius 3 is 3.00 bits per heavy atom. The summed E-state index contributed by atoms with van der Waals surface area (Å²) in [4.78, 5) is 10.8. The van der Waals surface area contributed by atoms with Crippen LogP contribution in [0.5, 0.6) is 5.75 Å². The molecule has 1 atom stereocenters. The molecule has 4 nitrogen and oxygen atoms in total. The molecule has 1 rings (SSSR count). The summed E-state index contributed by atoms with van der Waals surface area (Å²) in [7, 11) is 0. The van der Waals surface area contributed by atoms with Crippen molar-refractivity contribution in [3.8, 4) is 5.75 Å². The van der Waals surface area contributed by atoms with E-state index < -0.39 is 12.0 Å². The molecule has 0 saturated heterocycles. The first-order chi connectivity index (χ1) is 5.20. The van der Waals surface area contributed by atoms with Gasteiger partial charge in [0.25, 0.3) is 0 Å². The fraction of sp³-hybridized carbons (Fsp3) is 0.286. The maximum Gasteiger partial charge on any atom is 0.328 e. The maximum atomic E-state index is 10.8. The molecule has 0 bridgehead atoms. The Morgan fingerprint density at radius 1 is 1.82 bits per heavy atom. The smallest absolute Gasteiger partial charge is 0.328 e. The van der Waals surface area contributed by atoms with Crippen LogP contribution in [0.2, 0.25) is 0 Å². The van der Waals surface area contributed by atoms with Gasteiger partial charge in [0.1, 0.15) is 12.3 Å². The number of carbonyl (C=O) groups is 1. The number of hydrogen-bond acceptors (Lipinski definition) is 4. The van der Waals surface area contributed by atoms with Crippen LogP contribution in [0, 0.1) is 0 Å². The van der Waals surface area contributed by atoms with E-state index in [4.69, 9.17) is 10.5 Å². The molecule has 0 spiro atoms. The molecule has 0 radical (unpaired) electrons. The fourth-order valence-electron chi connectivity index (χ4n) is 0.519. The standard InChI is InChI=1S/C7H9NO3/c1-5(8)7(9)11-6-2-3-10-4-6/h2-5H,8H2,1H3/t5-/m0/s1. The molecule has 11 heavy (non-hydrogen) atoms. The van der Waals surface area contributed by atoms with Crippen molar-refractivity contribution >= 4 is 5.97 Å². The van der Waals surface area contributed by atoms with Crippen LogP contribution in [0.3, 0.4) is 0 Å². The largest absolute Gasteiger partial charge is 0.469 e. The molecular weight excluding hydrogens is 146 g/mol. The molecule has 1 heterocycles. The first kappa shape index (κ1) is 7.81. The molecule has 60 valence electrons. The van der Waals surface area contributed by atoms with Gasteiger partial charge in [0.05, 0.1) is 6.26 Å². The highest BCUT2D eigenvalue weighted by atomic mass is 16.5. The zero-order chi connectivity index (χ0) is 8.27. The highest BCUT2D eigenvalue weighted by molar-refractivity contribution is 5.77. The second-order valence-electron chi connectivity index (χ2n) is 2.17. The molecule has 2 N–H and O–H groups in total. The summed E-state index contributed by atoms with van der Waals surface area (Å²) in [5, 5.41) is 0. The predicted octanol–water partition coefficient (Wildman–Crippen LogP) is 0.532. The van der Waals surface area contributed by atoms with E-state index in [2.05, 4.69) is 4.42 Å². The molecule has 0 unspecified atom stereocenters. The zero-order valence-electron chi connectivity index (χ0n) is 6.11. The first-order valence-corrected chi connectivity index (χ1v) is 3.19. The predicted molar refractivity (Wildman–Crippen MR) is 38.0 cm³/mol. The minimum atomic E-state index is -0.607. The van der Waals surface area contributed by atoms with Crippen molar-refractivity contribution in [2.75, 3.05) is 0 Å². The van der Waals surface area contributed by atoms with E-state index in [9.17, 15) is 4.79 Å². The van der Waals surface area contributed by atoms with Crippen LogP contribution in [0.15, 0.2) is 23.0 Å². The summed E-state index contributed by atoms with van der Waals surface area (Å²) in [6.45, 7) is 1.56. The topological polar surface area (TPSA) is 65.5 Å². The number of furan rings is 1. The number of ether oxygens (including phenoxy) is 1. The summed E-state index contributed by atoms with van der Waals surface area (Å²) in [5.74, 6) is -0.0845. The molecule has 0 aliphatic heterocycles. The molecule has 0 amide bonds. The van der Waals surface area contributed by atoms with Crippen LogP contribution in [-0.2, 0) is 4.79 Å². The minimum Gasteiger partial charge on any atom is -0.469 e. The van der Waals surface area contributed by atoms with E-state index in [1.54, 1.807) is 13.0 Å². The van der Waals surface area contributed by atoms with Crippen molar-refractivity contribution < 1.29 is 13.9 Å². The first-order valence-electron chi connectivity index (χ1n) is 3.19. The third-order valence-electron chi connectivity index (χ3n) is 1.09. The van der Waals surface area contributed by atoms with Gasteiger partial charge in [0.15, 0.2) is 5.75 Å². The maximum absolute atomic E-state index is 10.8. The lowest BCUT2D eigenvalue weighted by atomic mass is 10.4. The molecule has 0 aliphatic carbocycles. The van der Waals surface area contributed by atoms with Gasteiger partial charge in [0, 0.05) is 6.07 Å². The van der Waals surface area contributed by atoms with Gasteiger partial charge in [-0.15, -0.1) is 0 Å². The van der Waals surface area contributed by atoms with E-state index in [-0.39, 0.29) is 0 Å². The Morgan fingerprint density at radius 2 is 2.55 bits per heavy atom. The summed E-state index contributed by atoms with van der Waals surface area (Å²) >= 11 is 0. The van der Waals surface area contributed by atoms with E-state index in [0.717, 1.165) is 0 Å². The molecule has 1 aromatic heterocycles. The van der Waals surface area contributed by atoms with Crippen LogP contribution in [-0.4, -0.2) is 12.0 Å². The summed E-state index contributed by atoms with van der Waals surface area (Å²) in [5.41, 5.74) is 5.25. The quantitative estimate of drug-likeness (QED) is 0.633. The van der Waals surface area contributed by atoms with Crippen LogP contribution in [0.4, 0.5) is 0 Å². The van der Waals surface area contributed by atoms with Crippen molar-refractivity contribution in [2.24, 2.45) is 5.73 Å². The number of esters is 1. The average molecular weight is 155 g/mol. The Hall–Kier alpha value is -1.29. The molecule has 0 saturated carbocycles. The highest BCUT2D eigenvalue weighted by Crippen LogP contribution is 2.10. The Labute approximate surface area is 63.9 Å². The molecule has 0 fully saturated rings. The Balaban J connectivity index is 2.50. The molecule has 1 aromatic rings. The van der Waals surface area contributed by atoms with Gasteiger partial charge < -0.3 is 14.9 Å². The Bertz CT molecular complexity index is 228. The fourth-order valence-corrected chi connectivity index (χ4v) is 0.519. The van der Waals surface area contributed by atoms with Crippen molar-refractivity contribution in [2.45, 2.75) is 13.0 Å². The monoisotopic (exact) mass is 155 g/mol. The van der Waals surface area contributed by atoms with Crippen LogP contribution >= 0.6 is 0 Å². The lowest BCUT2D eigenvalue weighted by molar-refractivity contribution is -0.135. The van der Waals surface area contributed by atoms with Gasteiger partial charge in [-0.25, -0.2) is 4.79 Å². The lowest BCUT2D eigenvalue weighted by Gasteiger charge is -2.02. The number of hydrogen-bond donors (Lipinski definition) is 1. The average Bonchev–Trinajstić information content (AvgIpc) is 2.39. The van der Waals surface area contributed by atoms with E-state index in [1.165, 1.54) is 12.5 Å². The molecule has 4 heteroatoms. The van der Waals surface area contributed by atoms with Gasteiger partial charge in [-0.3, -0.25) is 0 Å². The van der Waals surface area contributed by atoms with Crippen molar-refractivity contribution in [1.29, 1.82) is 0 Å². The number of rotatable bonds is 2.